The van der Waals surface area contributed by atoms with Crippen LogP contribution < -0.4 is 18.9 Å². The number of hydrogen-bond donors (Lipinski definition) is 0. The van der Waals surface area contributed by atoms with E-state index in [1.807, 2.05) is 0 Å². The summed E-state index contributed by atoms with van der Waals surface area (Å²) in [7, 11) is -19.8. The van der Waals surface area contributed by atoms with E-state index in [1.54, 1.807) is 88.4 Å². The second-order valence-corrected chi connectivity index (χ2v) is 48.4. The zero-order valence-corrected chi connectivity index (χ0v) is 74.7. The second kappa shape index (κ2) is 35.2. The molecule has 30 heteroatoms. The Hall–Kier alpha value is -7.64. The number of carbonyl (C=O) groups excluding carboxylic acids is 4. The minimum Gasteiger partial charge on any atom is -0.457 e. The average Bonchev–Trinajstić information content (AvgIpc) is 0.408. The van der Waals surface area contributed by atoms with Crippen LogP contribution in [-0.2, 0) is 65.6 Å². The van der Waals surface area contributed by atoms with Crippen molar-refractivity contribution in [3.8, 4) is 23.0 Å². The van der Waals surface area contributed by atoms with E-state index in [0.717, 1.165) is 77.0 Å². The SMILES string of the molecule is Cc1c(OCOC(=O)CC23CC4CC(CC(C4)C2)C3)cccc1S(OS(=O)(=O)C(F)C(F)(F)F)(c1ccccc1)c1cccc(OCOC(=O)CC23CC4CC(CC(C4)C2)C3)c1C.Cc1c(OCOC(=O)CC23CC4CC(CC(C4)C2)C3)cccc1S(OS(=O)(=O)C(F)C(F)(F)F)(c1ccccc1)c1cccc(OCOC(=O)CC23CC4CC(CC(C4)C2)C3)c1C. The number of alkyl halides is 8. The van der Waals surface area contributed by atoms with Gasteiger partial charge < -0.3 is 37.9 Å². The Morgan fingerprint density at radius 3 is 0.683 bits per heavy atom. The normalized spacial score (nSPS) is 31.2. The first-order valence-corrected chi connectivity index (χ1v) is 50.6. The summed E-state index contributed by atoms with van der Waals surface area (Å²) in [4.78, 5) is 53.7. The largest absolute Gasteiger partial charge is 0.457 e. The van der Waals surface area contributed by atoms with E-state index in [1.165, 1.54) is 150 Å². The van der Waals surface area contributed by atoms with Gasteiger partial charge >= 0.3 is 67.5 Å². The van der Waals surface area contributed by atoms with Gasteiger partial charge in [0.25, 0.3) is 0 Å². The summed E-state index contributed by atoms with van der Waals surface area (Å²) in [5.41, 5.74) is -7.93. The van der Waals surface area contributed by atoms with Crippen LogP contribution in [0, 0.1) is 120 Å². The molecular formula is C96H112F8O18S4. The van der Waals surface area contributed by atoms with Crippen molar-refractivity contribution in [1.29, 1.82) is 0 Å². The lowest BCUT2D eigenvalue weighted by Crippen LogP contribution is -2.47. The number of esters is 4. The Morgan fingerprint density at radius 1 is 0.310 bits per heavy atom. The second-order valence-electron chi connectivity index (χ2n) is 39.6. The highest BCUT2D eigenvalue weighted by Crippen LogP contribution is 2.76. The van der Waals surface area contributed by atoms with E-state index >= 15 is 8.78 Å². The molecular weight excluding hydrogens is 1720 g/mol. The van der Waals surface area contributed by atoms with Gasteiger partial charge in [0.1, 0.15) is 23.0 Å². The molecule has 0 N–H and O–H groups in total. The monoisotopic (exact) mass is 1830 g/mol. The van der Waals surface area contributed by atoms with E-state index in [4.69, 9.17) is 45.2 Å². The zero-order valence-electron chi connectivity index (χ0n) is 71.4. The highest BCUT2D eigenvalue weighted by atomic mass is 32.3. The highest BCUT2D eigenvalue weighted by Gasteiger charge is 2.60. The van der Waals surface area contributed by atoms with Crippen LogP contribution in [0.5, 0.6) is 23.0 Å². The smallest absolute Gasteiger partial charge is 0.436 e. The first kappa shape index (κ1) is 90.3. The lowest BCUT2D eigenvalue weighted by Gasteiger charge is -2.56. The number of carbonyl (C=O) groups is 4. The van der Waals surface area contributed by atoms with Gasteiger partial charge in [0.15, 0.2) is 0 Å². The van der Waals surface area contributed by atoms with Gasteiger partial charge in [-0.15, -0.1) is 0 Å². The fourth-order valence-corrected chi connectivity index (χ4v) is 38.3. The first-order valence-electron chi connectivity index (χ1n) is 44.5. The van der Waals surface area contributed by atoms with E-state index in [-0.39, 0.29) is 120 Å². The molecule has 0 saturated heterocycles. The maximum atomic E-state index is 15.2. The van der Waals surface area contributed by atoms with Gasteiger partial charge in [0.05, 0.1) is 25.7 Å². The van der Waals surface area contributed by atoms with E-state index in [0.29, 0.717) is 96.7 Å². The molecule has 16 fully saturated rings. The molecule has 6 aromatic carbocycles. The van der Waals surface area contributed by atoms with Crippen LogP contribution in [0.2, 0.25) is 0 Å². The number of benzene rings is 6. The van der Waals surface area contributed by atoms with Gasteiger partial charge in [0, 0.05) is 51.6 Å². The Kier molecular flexibility index (Phi) is 25.3. The van der Waals surface area contributed by atoms with Gasteiger partial charge in [-0.05, 0) is 368 Å². The summed E-state index contributed by atoms with van der Waals surface area (Å²) in [5, 5.41) is 0. The molecule has 0 heterocycles. The van der Waals surface area contributed by atoms with E-state index in [2.05, 4.69) is 0 Å². The summed E-state index contributed by atoms with van der Waals surface area (Å²) in [5.74, 6) is 6.93. The maximum absolute atomic E-state index is 15.2. The first-order chi connectivity index (χ1) is 59.9. The number of halogens is 8. The van der Waals surface area contributed by atoms with Crippen molar-refractivity contribution in [2.75, 3.05) is 27.2 Å². The minimum absolute atomic E-state index is 0.0559. The van der Waals surface area contributed by atoms with Gasteiger partial charge in [-0.2, -0.15) is 43.2 Å². The number of rotatable bonds is 32. The van der Waals surface area contributed by atoms with Gasteiger partial charge in [-0.25, -0.2) is 16.0 Å². The summed E-state index contributed by atoms with van der Waals surface area (Å²) >= 11 is 0. The molecule has 16 bridgehead atoms. The molecule has 0 aromatic heterocycles. The molecule has 0 spiro atoms. The summed E-state index contributed by atoms with van der Waals surface area (Å²) in [6.45, 7) is 4.46. The Morgan fingerprint density at radius 2 is 0.500 bits per heavy atom. The van der Waals surface area contributed by atoms with E-state index < -0.39 is 91.4 Å². The van der Waals surface area contributed by atoms with Crippen LogP contribution in [0.15, 0.2) is 163 Å². The van der Waals surface area contributed by atoms with Gasteiger partial charge in [-0.1, -0.05) is 60.7 Å². The minimum atomic E-state index is -6.06. The number of ether oxygens (including phenoxy) is 8. The molecule has 16 aliphatic rings. The molecule has 2 unspecified atom stereocenters. The van der Waals surface area contributed by atoms with E-state index in [9.17, 15) is 62.4 Å². The fraction of sp³-hybridized carbons (Fsp3) is 0.583. The highest BCUT2D eigenvalue weighted by molar-refractivity contribution is 8.33. The topological polar surface area (TPSA) is 229 Å². The van der Waals surface area contributed by atoms with Gasteiger partial charge in [-0.3, -0.25) is 19.2 Å². The van der Waals surface area contributed by atoms with Crippen molar-refractivity contribution in [2.24, 2.45) is 92.7 Å². The molecule has 22 rings (SSSR count). The standard InChI is InChI=1S/2C48H56F4O9S2/c2*1-30-39(57-28-59-43(53)26-46-20-32-14-33(21-46)16-34(15-32)22-46)10-6-12-41(30)62(38-8-4-3-5-9-38,61-63(55,56)45(49)48(50,51)52)42-13-7-11-40(31(42)2)58-29-60-44(54)27-47-23-35-17-36(24-47)19-37(18-35)25-47/h2*3-13,32-37,45H,14-29H2,1-2H3. The summed E-state index contributed by atoms with van der Waals surface area (Å²) < 4.78 is 227. The molecule has 16 saturated carbocycles. The molecule has 18 nitrogen and oxygen atoms in total. The van der Waals surface area contributed by atoms with Crippen LogP contribution in [0.3, 0.4) is 0 Å². The van der Waals surface area contributed by atoms with Crippen molar-refractivity contribution in [3.63, 3.8) is 0 Å². The fourth-order valence-electron chi connectivity index (χ4n) is 27.2. The average molecular weight is 1830 g/mol. The van der Waals surface area contributed by atoms with Gasteiger partial charge in [0.2, 0.25) is 27.2 Å². The predicted octanol–water partition coefficient (Wildman–Crippen LogP) is 23.4. The molecule has 126 heavy (non-hydrogen) atoms. The third-order valence-corrected chi connectivity index (χ3v) is 41.0. The third-order valence-electron chi connectivity index (χ3n) is 30.2. The molecule has 0 aliphatic heterocycles. The number of hydrogen-bond acceptors (Lipinski definition) is 18. The van der Waals surface area contributed by atoms with Crippen LogP contribution >= 0.6 is 20.6 Å². The van der Waals surface area contributed by atoms with Crippen LogP contribution in [0.4, 0.5) is 35.1 Å². The Balaban J connectivity index is 0.000000178. The van der Waals surface area contributed by atoms with Crippen molar-refractivity contribution in [3.05, 3.63) is 156 Å². The van der Waals surface area contributed by atoms with Crippen LogP contribution in [-0.4, -0.2) is 91.2 Å². The molecule has 6 aromatic rings. The summed E-state index contributed by atoms with van der Waals surface area (Å²) in [6.07, 6.45) is 16.7. The molecule has 0 amide bonds. The van der Waals surface area contributed by atoms with Crippen molar-refractivity contribution in [2.45, 2.75) is 260 Å². The summed E-state index contributed by atoms with van der Waals surface area (Å²) in [6, 6.07) is 33.9. The molecule has 16 aliphatic carbocycles. The Labute approximate surface area is 735 Å². The van der Waals surface area contributed by atoms with Crippen molar-refractivity contribution in [1.82, 2.24) is 0 Å². The lowest BCUT2D eigenvalue weighted by atomic mass is 9.49. The Bertz CT molecular complexity index is 4590. The maximum Gasteiger partial charge on any atom is 0.436 e. The van der Waals surface area contributed by atoms with Crippen molar-refractivity contribution < 1.29 is 116 Å². The van der Waals surface area contributed by atoms with Crippen LogP contribution in [0.25, 0.3) is 0 Å². The van der Waals surface area contributed by atoms with Crippen molar-refractivity contribution >= 4 is 64.7 Å². The predicted molar refractivity (Wildman–Crippen MR) is 452 cm³/mol. The lowest BCUT2D eigenvalue weighted by molar-refractivity contribution is -0.159. The molecule has 2 atom stereocenters. The quantitative estimate of drug-likeness (QED) is 0.0165. The molecule has 0 radical (unpaired) electrons. The third kappa shape index (κ3) is 18.6. The zero-order chi connectivity index (χ0) is 88.7. The van der Waals surface area contributed by atoms with Crippen LogP contribution in [0.1, 0.15) is 202 Å². The molecule has 684 valence electrons.